The van der Waals surface area contributed by atoms with Crippen LogP contribution in [0, 0.1) is 12.8 Å². The molecule has 1 fully saturated rings. The monoisotopic (exact) mass is 383 g/mol. The molecule has 0 atom stereocenters. The van der Waals surface area contributed by atoms with Crippen LogP contribution in [0.4, 0.5) is 0 Å². The highest BCUT2D eigenvalue weighted by atomic mass is 16.7. The van der Waals surface area contributed by atoms with Crippen LogP contribution in [0.2, 0.25) is 0 Å². The van der Waals surface area contributed by atoms with Gasteiger partial charge in [-0.05, 0) is 44.7 Å². The van der Waals surface area contributed by atoms with E-state index in [0.717, 1.165) is 29.3 Å². The van der Waals surface area contributed by atoms with Gasteiger partial charge in [-0.25, -0.2) is 0 Å². The Kier molecular flexibility index (Phi) is 5.55. The summed E-state index contributed by atoms with van der Waals surface area (Å²) in [6.07, 6.45) is 6.22. The molecule has 2 aromatic rings. The number of amides is 1. The van der Waals surface area contributed by atoms with E-state index in [4.69, 9.17) is 9.47 Å². The predicted octanol–water partition coefficient (Wildman–Crippen LogP) is 4.16. The van der Waals surface area contributed by atoms with Crippen molar-refractivity contribution in [1.82, 2.24) is 14.7 Å². The molecule has 1 saturated carbocycles. The van der Waals surface area contributed by atoms with Crippen molar-refractivity contribution in [3.05, 3.63) is 41.2 Å². The maximum Gasteiger partial charge on any atom is 0.272 e. The summed E-state index contributed by atoms with van der Waals surface area (Å²) in [6, 6.07) is 7.80. The quantitative estimate of drug-likeness (QED) is 0.751. The summed E-state index contributed by atoms with van der Waals surface area (Å²) in [5.41, 5.74) is 2.54. The van der Waals surface area contributed by atoms with Gasteiger partial charge in [-0.3, -0.25) is 9.48 Å². The minimum atomic E-state index is 0.0459. The topological polar surface area (TPSA) is 56.6 Å². The van der Waals surface area contributed by atoms with Crippen molar-refractivity contribution in [3.63, 3.8) is 0 Å². The molecule has 0 bridgehead atoms. The Balaban J connectivity index is 1.61. The molecule has 1 aromatic carbocycles. The van der Waals surface area contributed by atoms with Gasteiger partial charge < -0.3 is 14.4 Å². The molecule has 150 valence electrons. The van der Waals surface area contributed by atoms with E-state index in [0.29, 0.717) is 24.7 Å². The Bertz CT molecular complexity index is 840. The number of para-hydroxylation sites is 1. The highest BCUT2D eigenvalue weighted by molar-refractivity contribution is 5.92. The van der Waals surface area contributed by atoms with E-state index in [1.807, 2.05) is 43.0 Å². The average Bonchev–Trinajstić information content (AvgIpc) is 3.34. The second-order valence-electron chi connectivity index (χ2n) is 7.83. The van der Waals surface area contributed by atoms with Crippen LogP contribution in [-0.4, -0.2) is 33.9 Å². The van der Waals surface area contributed by atoms with Crippen LogP contribution in [-0.2, 0) is 13.1 Å². The summed E-state index contributed by atoms with van der Waals surface area (Å²) in [5.74, 6) is 2.14. The molecule has 2 aliphatic rings. The Morgan fingerprint density at radius 1 is 1.25 bits per heavy atom. The lowest BCUT2D eigenvalue weighted by molar-refractivity contribution is 0.0684. The number of fused-ring (bicyclic) bond motifs is 1. The number of ether oxygens (including phenoxy) is 2. The number of hydrogen-bond acceptors (Lipinski definition) is 4. The molecule has 28 heavy (non-hydrogen) atoms. The van der Waals surface area contributed by atoms with Gasteiger partial charge in [-0.1, -0.05) is 31.4 Å². The van der Waals surface area contributed by atoms with E-state index < -0.39 is 0 Å². The normalized spacial score (nSPS) is 16.4. The third kappa shape index (κ3) is 3.86. The molecule has 0 spiro atoms. The molecule has 6 nitrogen and oxygen atoms in total. The molecule has 1 aliphatic carbocycles. The molecule has 0 N–H and O–H groups in total. The molecule has 0 radical (unpaired) electrons. The second kappa shape index (κ2) is 8.25. The SMILES string of the molecule is CCn1nc(C)cc1C(=O)N(Cc1cccc2c1OCO2)CC1CCCCC1. The van der Waals surface area contributed by atoms with E-state index >= 15 is 0 Å². The summed E-state index contributed by atoms with van der Waals surface area (Å²) >= 11 is 0. The number of aromatic nitrogens is 2. The Hall–Kier alpha value is -2.50. The zero-order valence-corrected chi connectivity index (χ0v) is 16.8. The molecule has 0 unspecified atom stereocenters. The van der Waals surface area contributed by atoms with Crippen molar-refractivity contribution in [2.24, 2.45) is 5.92 Å². The van der Waals surface area contributed by atoms with E-state index in [9.17, 15) is 4.79 Å². The highest BCUT2D eigenvalue weighted by Gasteiger charge is 2.27. The summed E-state index contributed by atoms with van der Waals surface area (Å²) in [6.45, 7) is 6.18. The Morgan fingerprint density at radius 3 is 2.86 bits per heavy atom. The number of carbonyl (C=O) groups is 1. The lowest BCUT2D eigenvalue weighted by atomic mass is 9.88. The van der Waals surface area contributed by atoms with Gasteiger partial charge in [0.1, 0.15) is 5.69 Å². The largest absolute Gasteiger partial charge is 0.454 e. The van der Waals surface area contributed by atoms with Crippen molar-refractivity contribution < 1.29 is 14.3 Å². The Morgan fingerprint density at radius 2 is 2.07 bits per heavy atom. The van der Waals surface area contributed by atoms with Gasteiger partial charge in [0, 0.05) is 25.2 Å². The van der Waals surface area contributed by atoms with Gasteiger partial charge in [0.15, 0.2) is 11.5 Å². The first-order valence-electron chi connectivity index (χ1n) is 10.4. The molecule has 0 saturated heterocycles. The number of benzene rings is 1. The van der Waals surface area contributed by atoms with Gasteiger partial charge in [-0.2, -0.15) is 5.10 Å². The second-order valence-corrected chi connectivity index (χ2v) is 7.83. The summed E-state index contributed by atoms with van der Waals surface area (Å²) in [5, 5.41) is 4.47. The first-order chi connectivity index (χ1) is 13.7. The first kappa shape index (κ1) is 18.8. The molecule has 1 aromatic heterocycles. The zero-order valence-electron chi connectivity index (χ0n) is 16.8. The fourth-order valence-corrected chi connectivity index (χ4v) is 4.34. The van der Waals surface area contributed by atoms with Crippen LogP contribution in [0.3, 0.4) is 0 Å². The lowest BCUT2D eigenvalue weighted by Crippen LogP contribution is -2.36. The fraction of sp³-hybridized carbons (Fsp3) is 0.545. The molecule has 1 aliphatic heterocycles. The predicted molar refractivity (Wildman–Crippen MR) is 107 cm³/mol. The third-order valence-corrected chi connectivity index (χ3v) is 5.75. The van der Waals surface area contributed by atoms with Crippen LogP contribution in [0.1, 0.15) is 60.8 Å². The fourth-order valence-electron chi connectivity index (χ4n) is 4.34. The van der Waals surface area contributed by atoms with Crippen LogP contribution < -0.4 is 9.47 Å². The van der Waals surface area contributed by atoms with Crippen molar-refractivity contribution in [3.8, 4) is 11.5 Å². The summed E-state index contributed by atoms with van der Waals surface area (Å²) in [7, 11) is 0. The number of nitrogens with zero attached hydrogens (tertiary/aromatic N) is 3. The highest BCUT2D eigenvalue weighted by Crippen LogP contribution is 2.36. The summed E-state index contributed by atoms with van der Waals surface area (Å²) < 4.78 is 13.0. The van der Waals surface area contributed by atoms with E-state index in [-0.39, 0.29) is 12.7 Å². The van der Waals surface area contributed by atoms with Gasteiger partial charge in [0.25, 0.3) is 5.91 Å². The first-order valence-corrected chi connectivity index (χ1v) is 10.4. The molecule has 6 heteroatoms. The van der Waals surface area contributed by atoms with E-state index in [1.54, 1.807) is 4.68 Å². The van der Waals surface area contributed by atoms with Crippen LogP contribution >= 0.6 is 0 Å². The third-order valence-electron chi connectivity index (χ3n) is 5.75. The minimum absolute atomic E-state index is 0.0459. The Labute approximate surface area is 166 Å². The molecule has 4 rings (SSSR count). The van der Waals surface area contributed by atoms with Gasteiger partial charge in [-0.15, -0.1) is 0 Å². The van der Waals surface area contributed by atoms with E-state index in [1.165, 1.54) is 32.1 Å². The maximum atomic E-state index is 13.5. The number of carbonyl (C=O) groups excluding carboxylic acids is 1. The van der Waals surface area contributed by atoms with Crippen LogP contribution in [0.25, 0.3) is 0 Å². The maximum absolute atomic E-state index is 13.5. The molecule has 2 heterocycles. The number of rotatable bonds is 6. The lowest BCUT2D eigenvalue weighted by Gasteiger charge is -2.30. The van der Waals surface area contributed by atoms with Gasteiger partial charge >= 0.3 is 0 Å². The smallest absolute Gasteiger partial charge is 0.272 e. The number of aryl methyl sites for hydroxylation is 2. The standard InChI is InChI=1S/C22H29N3O3/c1-3-25-19(12-16(2)23-25)22(26)24(13-17-8-5-4-6-9-17)14-18-10-7-11-20-21(18)28-15-27-20/h7,10-12,17H,3-6,8-9,13-15H2,1-2H3. The van der Waals surface area contributed by atoms with Crippen molar-refractivity contribution >= 4 is 5.91 Å². The van der Waals surface area contributed by atoms with Gasteiger partial charge in [0.05, 0.1) is 5.69 Å². The van der Waals surface area contributed by atoms with E-state index in [2.05, 4.69) is 5.10 Å². The molecule has 1 amide bonds. The summed E-state index contributed by atoms with van der Waals surface area (Å²) in [4.78, 5) is 15.5. The molecular weight excluding hydrogens is 354 g/mol. The van der Waals surface area contributed by atoms with Crippen LogP contribution in [0.5, 0.6) is 11.5 Å². The van der Waals surface area contributed by atoms with Crippen molar-refractivity contribution in [1.29, 1.82) is 0 Å². The average molecular weight is 383 g/mol. The van der Waals surface area contributed by atoms with Crippen LogP contribution in [0.15, 0.2) is 24.3 Å². The zero-order chi connectivity index (χ0) is 19.5. The van der Waals surface area contributed by atoms with Crippen molar-refractivity contribution in [2.75, 3.05) is 13.3 Å². The molecular formula is C22H29N3O3. The number of hydrogen-bond donors (Lipinski definition) is 0. The van der Waals surface area contributed by atoms with Crippen molar-refractivity contribution in [2.45, 2.75) is 59.0 Å². The minimum Gasteiger partial charge on any atom is -0.454 e. The van der Waals surface area contributed by atoms with Gasteiger partial charge in [0.2, 0.25) is 6.79 Å².